The summed E-state index contributed by atoms with van der Waals surface area (Å²) in [6.45, 7) is 9.64. The number of carbonyl (C=O) groups is 4. The van der Waals surface area contributed by atoms with E-state index in [2.05, 4.69) is 26.3 Å². The third kappa shape index (κ3) is 13.1. The summed E-state index contributed by atoms with van der Waals surface area (Å²) in [6, 6.07) is 7.70. The molecule has 0 fully saturated rings. The number of hydrogen-bond donors (Lipinski definition) is 4. The van der Waals surface area contributed by atoms with Gasteiger partial charge in [0.15, 0.2) is 0 Å². The minimum absolute atomic E-state index is 0.0307. The summed E-state index contributed by atoms with van der Waals surface area (Å²) in [5, 5.41) is 9.82. The molecule has 4 amide bonds. The molecule has 11 nitrogen and oxygen atoms in total. The van der Waals surface area contributed by atoms with Crippen LogP contribution in [0.5, 0.6) is 0 Å². The number of pyridine rings is 1. The van der Waals surface area contributed by atoms with Crippen molar-refractivity contribution in [2.45, 2.75) is 77.9 Å². The van der Waals surface area contributed by atoms with E-state index < -0.39 is 58.7 Å². The molecule has 282 valence electrons. The zero-order chi connectivity index (χ0) is 39.1. The summed E-state index contributed by atoms with van der Waals surface area (Å²) in [5.41, 5.74) is -3.97. The Morgan fingerprint density at radius 3 is 1.42 bits per heavy atom. The van der Waals surface area contributed by atoms with Crippen LogP contribution in [0.2, 0.25) is 0 Å². The number of ether oxygens (including phenoxy) is 2. The van der Waals surface area contributed by atoms with Crippen molar-refractivity contribution < 1.29 is 55.0 Å². The first kappa shape index (κ1) is 41.1. The minimum Gasteiger partial charge on any atom is -0.444 e. The second-order valence-corrected chi connectivity index (χ2v) is 13.4. The molecule has 0 aliphatic heterocycles. The van der Waals surface area contributed by atoms with Crippen LogP contribution in [0.3, 0.4) is 0 Å². The van der Waals surface area contributed by atoms with Crippen LogP contribution in [0.25, 0.3) is 22.4 Å². The minimum atomic E-state index is -4.76. The van der Waals surface area contributed by atoms with Crippen molar-refractivity contribution in [3.8, 4) is 22.4 Å². The van der Waals surface area contributed by atoms with E-state index in [1.165, 1.54) is 12.1 Å². The van der Waals surface area contributed by atoms with Gasteiger partial charge in [0.05, 0.1) is 22.5 Å². The van der Waals surface area contributed by atoms with Crippen LogP contribution in [0.4, 0.5) is 47.3 Å². The molecule has 17 heteroatoms. The predicted octanol–water partition coefficient (Wildman–Crippen LogP) is 8.16. The average Bonchev–Trinajstić information content (AvgIpc) is 2.98. The Labute approximate surface area is 295 Å². The van der Waals surface area contributed by atoms with Crippen LogP contribution in [0, 0.1) is 0 Å². The molecule has 0 aliphatic carbocycles. The van der Waals surface area contributed by atoms with Crippen LogP contribution >= 0.6 is 0 Å². The molecular weight excluding hydrogens is 700 g/mol. The van der Waals surface area contributed by atoms with Gasteiger partial charge in [0, 0.05) is 54.5 Å². The van der Waals surface area contributed by atoms with Gasteiger partial charge in [0.1, 0.15) is 11.2 Å². The van der Waals surface area contributed by atoms with E-state index in [4.69, 9.17) is 9.47 Å². The van der Waals surface area contributed by atoms with Crippen molar-refractivity contribution in [1.82, 2.24) is 15.6 Å². The number of carbonyl (C=O) groups excluding carboxylic acids is 4. The van der Waals surface area contributed by atoms with Crippen LogP contribution in [0.1, 0.15) is 65.5 Å². The van der Waals surface area contributed by atoms with Crippen molar-refractivity contribution in [2.24, 2.45) is 0 Å². The van der Waals surface area contributed by atoms with E-state index >= 15 is 0 Å². The Balaban J connectivity index is 1.87. The van der Waals surface area contributed by atoms with Crippen molar-refractivity contribution in [2.75, 3.05) is 23.7 Å². The molecule has 2 aromatic carbocycles. The molecule has 4 N–H and O–H groups in total. The lowest BCUT2D eigenvalue weighted by atomic mass is 9.99. The monoisotopic (exact) mass is 739 g/mol. The first-order valence-electron chi connectivity index (χ1n) is 15.8. The molecule has 0 atom stereocenters. The highest BCUT2D eigenvalue weighted by atomic mass is 19.4. The predicted molar refractivity (Wildman–Crippen MR) is 180 cm³/mol. The molecule has 0 aliphatic rings. The van der Waals surface area contributed by atoms with E-state index in [1.807, 2.05) is 0 Å². The molecule has 52 heavy (non-hydrogen) atoms. The summed E-state index contributed by atoms with van der Waals surface area (Å²) in [5.74, 6) is -1.30. The van der Waals surface area contributed by atoms with Gasteiger partial charge in [0.2, 0.25) is 11.8 Å². The van der Waals surface area contributed by atoms with E-state index in [0.29, 0.717) is 0 Å². The maximum Gasteiger partial charge on any atom is 0.416 e. The van der Waals surface area contributed by atoms with E-state index in [1.54, 1.807) is 41.5 Å². The number of nitrogens with one attached hydrogen (secondary N) is 4. The van der Waals surface area contributed by atoms with Crippen LogP contribution in [0.15, 0.2) is 54.7 Å². The summed E-state index contributed by atoms with van der Waals surface area (Å²) in [4.78, 5) is 53.3. The fraction of sp³-hybridized carbons (Fsp3) is 0.400. The highest BCUT2D eigenvalue weighted by Gasteiger charge is 2.33. The smallest absolute Gasteiger partial charge is 0.416 e. The van der Waals surface area contributed by atoms with Gasteiger partial charge in [-0.15, -0.1) is 0 Å². The largest absolute Gasteiger partial charge is 0.444 e. The summed E-state index contributed by atoms with van der Waals surface area (Å²) in [6.07, 6.45) is -10.4. The Kier molecular flexibility index (Phi) is 12.9. The lowest BCUT2D eigenvalue weighted by molar-refractivity contribution is -0.138. The molecule has 0 saturated heterocycles. The van der Waals surface area contributed by atoms with Gasteiger partial charge in [-0.1, -0.05) is 6.07 Å². The van der Waals surface area contributed by atoms with Crippen molar-refractivity contribution in [1.29, 1.82) is 0 Å². The van der Waals surface area contributed by atoms with E-state index in [-0.39, 0.29) is 59.7 Å². The SMILES string of the molecule is CC(C)(C)OC(=O)NCCC(=O)Nc1ccc(C(F)(F)F)cc1-c1ccc(-c2cc(C(F)(F)F)ccc2NC(=O)CCNC(=O)OC(C)(C)C)nc1. The van der Waals surface area contributed by atoms with Gasteiger partial charge in [-0.25, -0.2) is 9.59 Å². The van der Waals surface area contributed by atoms with Crippen LogP contribution in [-0.2, 0) is 31.4 Å². The van der Waals surface area contributed by atoms with Crippen molar-refractivity contribution in [3.63, 3.8) is 0 Å². The number of rotatable bonds is 10. The van der Waals surface area contributed by atoms with Gasteiger partial charge in [-0.2, -0.15) is 26.3 Å². The van der Waals surface area contributed by atoms with E-state index in [9.17, 15) is 45.5 Å². The number of amides is 4. The van der Waals surface area contributed by atoms with Gasteiger partial charge in [-0.05, 0) is 84.0 Å². The molecule has 0 spiro atoms. The first-order chi connectivity index (χ1) is 23.9. The third-order valence-electron chi connectivity index (χ3n) is 6.63. The standard InChI is InChI=1S/C35H39F6N5O6/c1-32(2,3)51-30(49)42-15-13-28(47)45-26-11-8-21(34(36,37)38)17-23(26)20-7-10-25(44-19-20)24-18-22(35(39,40)41)9-12-27(24)46-29(48)14-16-43-31(50)52-33(4,5)6/h7-12,17-19H,13-16H2,1-6H3,(H,42,49)(H,43,50)(H,45,47)(H,46,48). The lowest BCUT2D eigenvalue weighted by Crippen LogP contribution is -2.34. The maximum absolute atomic E-state index is 13.7. The summed E-state index contributed by atoms with van der Waals surface area (Å²) >= 11 is 0. The zero-order valence-corrected chi connectivity index (χ0v) is 29.2. The molecular formula is C35H39F6N5O6. The van der Waals surface area contributed by atoms with Crippen molar-refractivity contribution in [3.05, 3.63) is 65.9 Å². The van der Waals surface area contributed by atoms with Gasteiger partial charge in [-0.3, -0.25) is 14.6 Å². The second kappa shape index (κ2) is 16.3. The summed E-state index contributed by atoms with van der Waals surface area (Å²) in [7, 11) is 0. The maximum atomic E-state index is 13.7. The Morgan fingerprint density at radius 1 is 0.615 bits per heavy atom. The normalized spacial score (nSPS) is 12.1. The molecule has 0 saturated carbocycles. The quantitative estimate of drug-likeness (QED) is 0.153. The van der Waals surface area contributed by atoms with Gasteiger partial charge >= 0.3 is 24.5 Å². The number of alkyl carbamates (subject to hydrolysis) is 2. The molecule has 3 aromatic rings. The lowest BCUT2D eigenvalue weighted by Gasteiger charge is -2.19. The topological polar surface area (TPSA) is 148 Å². The zero-order valence-electron chi connectivity index (χ0n) is 29.2. The number of alkyl halides is 6. The average molecular weight is 740 g/mol. The Bertz CT molecular complexity index is 1640. The Hall–Kier alpha value is -5.35. The number of halogens is 6. The number of nitrogens with zero attached hydrogens (tertiary/aromatic N) is 1. The highest BCUT2D eigenvalue weighted by Crippen LogP contribution is 2.39. The highest BCUT2D eigenvalue weighted by molar-refractivity contribution is 5.97. The number of benzene rings is 2. The second-order valence-electron chi connectivity index (χ2n) is 13.4. The van der Waals surface area contributed by atoms with Gasteiger partial charge < -0.3 is 30.7 Å². The number of aromatic nitrogens is 1. The van der Waals surface area contributed by atoms with Crippen LogP contribution < -0.4 is 21.3 Å². The van der Waals surface area contributed by atoms with Gasteiger partial charge in [0.25, 0.3) is 0 Å². The molecule has 3 rings (SSSR count). The molecule has 1 aromatic heterocycles. The Morgan fingerprint density at radius 2 is 1.04 bits per heavy atom. The number of anilines is 2. The molecule has 0 unspecified atom stereocenters. The van der Waals surface area contributed by atoms with E-state index in [0.717, 1.165) is 42.6 Å². The molecule has 0 bridgehead atoms. The molecule has 1 heterocycles. The first-order valence-corrected chi connectivity index (χ1v) is 15.8. The fourth-order valence-electron chi connectivity index (χ4n) is 4.43. The fourth-order valence-corrected chi connectivity index (χ4v) is 4.43. The number of hydrogen-bond acceptors (Lipinski definition) is 7. The third-order valence-corrected chi connectivity index (χ3v) is 6.63. The summed E-state index contributed by atoms with van der Waals surface area (Å²) < 4.78 is 92.3. The molecule has 0 radical (unpaired) electrons. The van der Waals surface area contributed by atoms with Crippen molar-refractivity contribution >= 4 is 35.4 Å². The van der Waals surface area contributed by atoms with Crippen LogP contribution in [-0.4, -0.2) is 53.3 Å².